The van der Waals surface area contributed by atoms with Gasteiger partial charge in [0.05, 0.1) is 11.7 Å². The number of methoxy groups -OCH3 is 1. The predicted molar refractivity (Wildman–Crippen MR) is 154 cm³/mol. The van der Waals surface area contributed by atoms with Crippen molar-refractivity contribution in [3.63, 3.8) is 0 Å². The molecule has 3 atom stereocenters. The predicted octanol–water partition coefficient (Wildman–Crippen LogP) is 7.84. The second-order valence-electron chi connectivity index (χ2n) is 11.4. The molecule has 3 amide bonds. The van der Waals surface area contributed by atoms with Crippen LogP contribution in [0.25, 0.3) is 11.1 Å². The number of carbonyl (C=O) groups excluding carboxylic acids is 2. The van der Waals surface area contributed by atoms with Crippen molar-refractivity contribution in [3.8, 4) is 11.1 Å². The summed E-state index contributed by atoms with van der Waals surface area (Å²) in [5.41, 5.74) is 3.84. The van der Waals surface area contributed by atoms with E-state index >= 15 is 0 Å². The molecule has 3 rings (SSSR count). The molecule has 10 heteroatoms. The Kier molecular flexibility index (Phi) is 10.3. The Labute approximate surface area is 241 Å². The van der Waals surface area contributed by atoms with E-state index in [1.54, 1.807) is 23.8 Å². The third-order valence-corrected chi connectivity index (χ3v) is 7.25. The number of rotatable bonds is 9. The lowest BCUT2D eigenvalue weighted by Gasteiger charge is -2.31. The summed E-state index contributed by atoms with van der Waals surface area (Å²) in [6, 6.07) is 12.5. The molecule has 0 aromatic heterocycles. The lowest BCUT2D eigenvalue weighted by molar-refractivity contribution is -0.136. The number of carbonyl (C=O) groups is 2. The zero-order chi connectivity index (χ0) is 30.5. The number of amides is 3. The number of halogens is 3. The Morgan fingerprint density at radius 1 is 1.10 bits per heavy atom. The molecule has 7 nitrogen and oxygen atoms in total. The molecule has 0 bridgehead atoms. The van der Waals surface area contributed by atoms with Gasteiger partial charge in [-0.1, -0.05) is 31.2 Å². The average Bonchev–Trinajstić information content (AvgIpc) is 3.28. The van der Waals surface area contributed by atoms with Gasteiger partial charge >= 0.3 is 18.3 Å². The second kappa shape index (κ2) is 13.1. The molecule has 0 radical (unpaired) electrons. The van der Waals surface area contributed by atoms with Crippen LogP contribution in [0.1, 0.15) is 78.0 Å². The van der Waals surface area contributed by atoms with Crippen LogP contribution < -0.4 is 10.2 Å². The third-order valence-electron chi connectivity index (χ3n) is 7.25. The SMILES string of the molecule is CC[C@H](CCC(F)(F)F)NC(=O)N(CC)[C@H](C)c1cccc(-c2ccc3c(c2)CC(OC)N3C(=O)OC(C)(C)C)c1. The van der Waals surface area contributed by atoms with Gasteiger partial charge < -0.3 is 19.7 Å². The Morgan fingerprint density at radius 3 is 2.37 bits per heavy atom. The van der Waals surface area contributed by atoms with E-state index in [1.807, 2.05) is 77.1 Å². The normalized spacial score (nSPS) is 16.6. The van der Waals surface area contributed by atoms with E-state index in [0.29, 0.717) is 19.4 Å². The number of anilines is 1. The van der Waals surface area contributed by atoms with E-state index in [2.05, 4.69) is 5.32 Å². The van der Waals surface area contributed by atoms with Gasteiger partial charge in [-0.3, -0.25) is 4.90 Å². The highest BCUT2D eigenvalue weighted by atomic mass is 19.4. The molecule has 1 aliphatic heterocycles. The number of nitrogens with one attached hydrogen (secondary N) is 1. The van der Waals surface area contributed by atoms with E-state index < -0.39 is 36.6 Å². The van der Waals surface area contributed by atoms with Gasteiger partial charge in [0.25, 0.3) is 0 Å². The standard InChI is InChI=1S/C31H42F3N3O4/c1-8-25(15-16-31(32,33)34)35-28(38)36(9-2)20(3)21-11-10-12-22(17-21)23-13-14-26-24(18-23)19-27(40-7)37(26)29(39)41-30(4,5)6/h10-14,17-18,20,25,27H,8-9,15-16,19H2,1-7H3,(H,35,38)/t20-,25-,27?/m1/s1. The summed E-state index contributed by atoms with van der Waals surface area (Å²) < 4.78 is 49.3. The molecular weight excluding hydrogens is 535 g/mol. The van der Waals surface area contributed by atoms with Crippen molar-refractivity contribution in [2.45, 2.75) is 97.3 Å². The van der Waals surface area contributed by atoms with Crippen LogP contribution in [0.5, 0.6) is 0 Å². The molecule has 226 valence electrons. The fourth-order valence-corrected chi connectivity index (χ4v) is 5.04. The zero-order valence-corrected chi connectivity index (χ0v) is 25.0. The monoisotopic (exact) mass is 577 g/mol. The van der Waals surface area contributed by atoms with E-state index in [1.165, 1.54) is 0 Å². The first-order chi connectivity index (χ1) is 19.2. The molecule has 1 heterocycles. The van der Waals surface area contributed by atoms with E-state index in [-0.39, 0.29) is 18.5 Å². The summed E-state index contributed by atoms with van der Waals surface area (Å²) in [7, 11) is 1.56. The molecule has 1 N–H and O–H groups in total. The highest BCUT2D eigenvalue weighted by molar-refractivity contribution is 5.92. The number of ether oxygens (including phenoxy) is 2. The Balaban J connectivity index is 1.80. The van der Waals surface area contributed by atoms with Crippen molar-refractivity contribution in [3.05, 3.63) is 53.6 Å². The minimum absolute atomic E-state index is 0.152. The summed E-state index contributed by atoms with van der Waals surface area (Å²) in [4.78, 5) is 29.2. The second-order valence-corrected chi connectivity index (χ2v) is 11.4. The molecule has 2 aromatic rings. The smallest absolute Gasteiger partial charge is 0.416 e. The number of nitrogens with zero attached hydrogens (tertiary/aromatic N) is 2. The first kappa shape index (κ1) is 32.2. The van der Waals surface area contributed by atoms with Gasteiger partial charge in [-0.25, -0.2) is 9.59 Å². The molecule has 2 aromatic carbocycles. The van der Waals surface area contributed by atoms with Crippen LogP contribution in [-0.4, -0.2) is 54.7 Å². The number of urea groups is 1. The Hall–Kier alpha value is -3.27. The minimum atomic E-state index is -4.26. The number of benzene rings is 2. The maximum atomic E-state index is 13.1. The van der Waals surface area contributed by atoms with Gasteiger partial charge in [0.15, 0.2) is 0 Å². The molecule has 0 saturated carbocycles. The minimum Gasteiger partial charge on any atom is -0.443 e. The molecular formula is C31H42F3N3O4. The number of fused-ring (bicyclic) bond motifs is 1. The zero-order valence-electron chi connectivity index (χ0n) is 25.0. The van der Waals surface area contributed by atoms with Crippen LogP contribution in [0.2, 0.25) is 0 Å². The van der Waals surface area contributed by atoms with Gasteiger partial charge in [0.2, 0.25) is 0 Å². The summed E-state index contributed by atoms with van der Waals surface area (Å²) in [6.07, 6.45) is -5.35. The summed E-state index contributed by atoms with van der Waals surface area (Å²) in [6.45, 7) is 11.4. The summed E-state index contributed by atoms with van der Waals surface area (Å²) >= 11 is 0. The molecule has 0 aliphatic carbocycles. The highest BCUT2D eigenvalue weighted by Gasteiger charge is 2.37. The first-order valence-corrected chi connectivity index (χ1v) is 14.1. The van der Waals surface area contributed by atoms with Gasteiger partial charge in [-0.2, -0.15) is 13.2 Å². The maximum Gasteiger partial charge on any atom is 0.416 e. The molecule has 0 spiro atoms. The fraction of sp³-hybridized carbons (Fsp3) is 0.548. The number of hydrogen-bond acceptors (Lipinski definition) is 4. The molecule has 1 aliphatic rings. The summed E-state index contributed by atoms with van der Waals surface area (Å²) in [5.74, 6) is 0. The molecule has 41 heavy (non-hydrogen) atoms. The molecule has 0 fully saturated rings. The lowest BCUT2D eigenvalue weighted by atomic mass is 9.97. The van der Waals surface area contributed by atoms with Crippen molar-refractivity contribution in [1.82, 2.24) is 10.2 Å². The van der Waals surface area contributed by atoms with Crippen LogP contribution in [0.4, 0.5) is 28.4 Å². The first-order valence-electron chi connectivity index (χ1n) is 14.1. The topological polar surface area (TPSA) is 71.1 Å². The van der Waals surface area contributed by atoms with Crippen molar-refractivity contribution < 1.29 is 32.2 Å². The van der Waals surface area contributed by atoms with Gasteiger partial charge in [-0.05, 0) is 87.9 Å². The summed E-state index contributed by atoms with van der Waals surface area (Å²) in [5, 5.41) is 2.79. The van der Waals surface area contributed by atoms with Crippen molar-refractivity contribution in [2.75, 3.05) is 18.6 Å². The maximum absolute atomic E-state index is 13.1. The van der Waals surface area contributed by atoms with Crippen LogP contribution in [0.15, 0.2) is 42.5 Å². The quantitative estimate of drug-likeness (QED) is 0.330. The Bertz CT molecular complexity index is 1210. The van der Waals surface area contributed by atoms with E-state index in [9.17, 15) is 22.8 Å². The van der Waals surface area contributed by atoms with Crippen LogP contribution >= 0.6 is 0 Å². The molecule has 0 saturated heterocycles. The van der Waals surface area contributed by atoms with E-state index in [4.69, 9.17) is 9.47 Å². The van der Waals surface area contributed by atoms with Crippen LogP contribution in [0.3, 0.4) is 0 Å². The average molecular weight is 578 g/mol. The fourth-order valence-electron chi connectivity index (χ4n) is 5.04. The van der Waals surface area contributed by atoms with Crippen molar-refractivity contribution >= 4 is 17.8 Å². The van der Waals surface area contributed by atoms with Crippen molar-refractivity contribution in [2.24, 2.45) is 0 Å². The van der Waals surface area contributed by atoms with Gasteiger partial charge in [0.1, 0.15) is 11.8 Å². The van der Waals surface area contributed by atoms with Gasteiger partial charge in [-0.15, -0.1) is 0 Å². The third kappa shape index (κ3) is 8.38. The van der Waals surface area contributed by atoms with E-state index in [0.717, 1.165) is 27.9 Å². The van der Waals surface area contributed by atoms with Crippen LogP contribution in [0, 0.1) is 0 Å². The van der Waals surface area contributed by atoms with Crippen LogP contribution in [-0.2, 0) is 15.9 Å². The lowest BCUT2D eigenvalue weighted by Crippen LogP contribution is -2.45. The number of alkyl halides is 3. The van der Waals surface area contributed by atoms with Gasteiger partial charge in [0, 0.05) is 32.5 Å². The molecule has 1 unspecified atom stereocenters. The Morgan fingerprint density at radius 2 is 1.78 bits per heavy atom. The number of hydrogen-bond donors (Lipinski definition) is 1. The largest absolute Gasteiger partial charge is 0.443 e. The highest BCUT2D eigenvalue weighted by Crippen LogP contribution is 2.37. The van der Waals surface area contributed by atoms with Crippen molar-refractivity contribution in [1.29, 1.82) is 0 Å².